The van der Waals surface area contributed by atoms with E-state index in [2.05, 4.69) is 9.97 Å². The topological polar surface area (TPSA) is 92.6 Å². The van der Waals surface area contributed by atoms with Crippen molar-refractivity contribution in [3.05, 3.63) is 87.4 Å². The third-order valence-corrected chi connectivity index (χ3v) is 7.11. The van der Waals surface area contributed by atoms with Crippen LogP contribution in [0.4, 0.5) is 9.52 Å². The molecule has 2 aromatic heterocycles. The van der Waals surface area contributed by atoms with Gasteiger partial charge in [0.15, 0.2) is 5.13 Å². The van der Waals surface area contributed by atoms with Crippen LogP contribution in [0.25, 0.3) is 16.0 Å². The normalized spacial score (nSPS) is 17.4. The number of hydrogen-bond donors (Lipinski definition) is 1. The number of fused-ring (bicyclic) bond motifs is 1. The monoisotopic (exact) mass is 529 g/mol. The van der Waals surface area contributed by atoms with Gasteiger partial charge in [-0.25, -0.2) is 9.37 Å². The Bertz CT molecular complexity index is 1500. The summed E-state index contributed by atoms with van der Waals surface area (Å²) in [5.41, 5.74) is 0.912. The molecule has 1 unspecified atom stereocenters. The summed E-state index contributed by atoms with van der Waals surface area (Å²) in [6.07, 6.45) is 3.03. The fraction of sp³-hybridized carbons (Fsp3) is 0.0833. The van der Waals surface area contributed by atoms with Crippen molar-refractivity contribution in [1.29, 1.82) is 0 Å². The van der Waals surface area contributed by atoms with Crippen LogP contribution >= 0.6 is 34.5 Å². The van der Waals surface area contributed by atoms with Crippen LogP contribution in [0.3, 0.4) is 0 Å². The number of carbonyl (C=O) groups excluding carboxylic acids is 2. The van der Waals surface area contributed by atoms with E-state index in [1.807, 2.05) is 0 Å². The maximum absolute atomic E-state index is 14.0. The number of methoxy groups -OCH3 is 1. The lowest BCUT2D eigenvalue weighted by Crippen LogP contribution is -2.29. The number of Topliss-reactive ketones (excluding diaryl/α,β-unsaturated/α-hetero) is 1. The lowest BCUT2D eigenvalue weighted by molar-refractivity contribution is -0.132. The summed E-state index contributed by atoms with van der Waals surface area (Å²) < 4.78 is 19.7. The van der Waals surface area contributed by atoms with Gasteiger partial charge in [-0.3, -0.25) is 19.5 Å². The second kappa shape index (κ2) is 8.92. The molecule has 11 heteroatoms. The zero-order valence-electron chi connectivity index (χ0n) is 17.8. The van der Waals surface area contributed by atoms with Crippen LogP contribution in [0.5, 0.6) is 5.75 Å². The number of aromatic nitrogens is 2. The lowest BCUT2D eigenvalue weighted by Gasteiger charge is -2.22. The number of ketones is 1. The molecule has 176 valence electrons. The fourth-order valence-electron chi connectivity index (χ4n) is 3.86. The minimum Gasteiger partial charge on any atom is -0.507 e. The lowest BCUT2D eigenvalue weighted by atomic mass is 9.96. The van der Waals surface area contributed by atoms with Crippen LogP contribution in [0.15, 0.2) is 60.4 Å². The zero-order valence-corrected chi connectivity index (χ0v) is 20.2. The number of amides is 1. The first-order valence-corrected chi connectivity index (χ1v) is 11.7. The van der Waals surface area contributed by atoms with Crippen molar-refractivity contribution in [2.24, 2.45) is 0 Å². The number of anilines is 1. The van der Waals surface area contributed by atoms with Gasteiger partial charge in [-0.15, -0.1) is 0 Å². The van der Waals surface area contributed by atoms with E-state index in [0.717, 1.165) is 11.3 Å². The number of benzene rings is 2. The Hall–Kier alpha value is -3.53. The molecule has 7 nitrogen and oxygen atoms in total. The molecule has 1 saturated heterocycles. The van der Waals surface area contributed by atoms with Crippen LogP contribution in [0.1, 0.15) is 17.2 Å². The van der Waals surface area contributed by atoms with Gasteiger partial charge >= 0.3 is 5.91 Å². The number of rotatable bonds is 4. The second-order valence-corrected chi connectivity index (χ2v) is 9.36. The van der Waals surface area contributed by atoms with E-state index < -0.39 is 29.3 Å². The quantitative estimate of drug-likeness (QED) is 0.205. The molecule has 1 amide bonds. The molecule has 1 aliphatic heterocycles. The third-order valence-electron chi connectivity index (χ3n) is 5.49. The van der Waals surface area contributed by atoms with Gasteiger partial charge in [0, 0.05) is 18.0 Å². The van der Waals surface area contributed by atoms with E-state index in [-0.39, 0.29) is 27.0 Å². The summed E-state index contributed by atoms with van der Waals surface area (Å²) in [6, 6.07) is 9.34. The van der Waals surface area contributed by atoms with Gasteiger partial charge in [0.05, 0.1) is 39.0 Å². The van der Waals surface area contributed by atoms with Gasteiger partial charge in [-0.1, -0.05) is 40.6 Å². The first-order valence-electron chi connectivity index (χ1n) is 10.1. The molecule has 0 aliphatic carbocycles. The molecule has 1 N–H and O–H groups in total. The van der Waals surface area contributed by atoms with Crippen LogP contribution in [-0.2, 0) is 9.59 Å². The number of nitrogens with zero attached hydrogens (tertiary/aromatic N) is 3. The van der Waals surface area contributed by atoms with Gasteiger partial charge < -0.3 is 9.84 Å². The maximum atomic E-state index is 14.0. The average molecular weight is 530 g/mol. The number of ether oxygens (including phenoxy) is 1. The van der Waals surface area contributed by atoms with Crippen molar-refractivity contribution < 1.29 is 23.8 Å². The number of carbonyl (C=O) groups is 2. The summed E-state index contributed by atoms with van der Waals surface area (Å²) in [7, 11) is 1.42. The molecule has 1 atom stereocenters. The first kappa shape index (κ1) is 23.2. The van der Waals surface area contributed by atoms with Crippen molar-refractivity contribution in [3.8, 4) is 5.75 Å². The summed E-state index contributed by atoms with van der Waals surface area (Å²) in [4.78, 5) is 36.2. The largest absolute Gasteiger partial charge is 0.507 e. The molecule has 35 heavy (non-hydrogen) atoms. The predicted octanol–water partition coefficient (Wildman–Crippen LogP) is 5.77. The number of aliphatic hydroxyl groups is 1. The molecular formula is C24H14Cl2FN3O4S. The molecule has 4 aromatic rings. The van der Waals surface area contributed by atoms with E-state index in [9.17, 15) is 19.1 Å². The Labute approximate surface area is 212 Å². The second-order valence-electron chi connectivity index (χ2n) is 7.54. The highest BCUT2D eigenvalue weighted by Gasteiger charge is 2.48. The number of aliphatic hydroxyl groups excluding tert-OH is 1. The Morgan fingerprint density at radius 2 is 1.97 bits per heavy atom. The smallest absolute Gasteiger partial charge is 0.301 e. The molecule has 5 rings (SSSR count). The van der Waals surface area contributed by atoms with Crippen molar-refractivity contribution in [3.63, 3.8) is 0 Å². The Kier molecular flexibility index (Phi) is 5.92. The van der Waals surface area contributed by atoms with Gasteiger partial charge in [-0.2, -0.15) is 0 Å². The van der Waals surface area contributed by atoms with Crippen LogP contribution in [0, 0.1) is 5.82 Å². The minimum atomic E-state index is -1.04. The van der Waals surface area contributed by atoms with Gasteiger partial charge in [0.2, 0.25) is 0 Å². The Morgan fingerprint density at radius 1 is 1.17 bits per heavy atom. The molecule has 3 heterocycles. The van der Waals surface area contributed by atoms with Gasteiger partial charge in [0.1, 0.15) is 17.3 Å². The molecule has 1 aliphatic rings. The molecule has 0 radical (unpaired) electrons. The summed E-state index contributed by atoms with van der Waals surface area (Å²) in [6.45, 7) is 0. The molecule has 0 spiro atoms. The van der Waals surface area contributed by atoms with Crippen LogP contribution < -0.4 is 9.64 Å². The van der Waals surface area contributed by atoms with E-state index in [4.69, 9.17) is 27.9 Å². The molecule has 0 bridgehead atoms. The van der Waals surface area contributed by atoms with Gasteiger partial charge in [-0.05, 0) is 42.0 Å². The predicted molar refractivity (Wildman–Crippen MR) is 132 cm³/mol. The highest BCUT2D eigenvalue weighted by molar-refractivity contribution is 7.22. The summed E-state index contributed by atoms with van der Waals surface area (Å²) in [5, 5.41) is 11.5. The number of thiazole rings is 1. The van der Waals surface area contributed by atoms with Crippen molar-refractivity contribution in [2.45, 2.75) is 6.04 Å². The van der Waals surface area contributed by atoms with Crippen molar-refractivity contribution in [2.75, 3.05) is 12.0 Å². The maximum Gasteiger partial charge on any atom is 0.301 e. The van der Waals surface area contributed by atoms with Crippen molar-refractivity contribution in [1.82, 2.24) is 9.97 Å². The van der Waals surface area contributed by atoms with E-state index in [0.29, 0.717) is 20.8 Å². The van der Waals surface area contributed by atoms with Crippen LogP contribution in [-0.4, -0.2) is 33.9 Å². The molecule has 0 saturated carbocycles. The fourth-order valence-corrected chi connectivity index (χ4v) is 5.21. The van der Waals surface area contributed by atoms with E-state index in [1.54, 1.807) is 18.3 Å². The number of hydrogen-bond acceptors (Lipinski definition) is 7. The summed E-state index contributed by atoms with van der Waals surface area (Å²) >= 11 is 13.0. The molecule has 2 aromatic carbocycles. The van der Waals surface area contributed by atoms with E-state index >= 15 is 0 Å². The number of halogens is 3. The van der Waals surface area contributed by atoms with E-state index in [1.165, 1.54) is 48.5 Å². The highest BCUT2D eigenvalue weighted by atomic mass is 35.5. The third kappa shape index (κ3) is 3.91. The summed E-state index contributed by atoms with van der Waals surface area (Å²) in [5.74, 6) is -2.56. The Balaban J connectivity index is 1.72. The van der Waals surface area contributed by atoms with Crippen molar-refractivity contribution >= 4 is 67.3 Å². The Morgan fingerprint density at radius 3 is 2.69 bits per heavy atom. The van der Waals surface area contributed by atoms with Gasteiger partial charge in [0.25, 0.3) is 5.78 Å². The number of pyridine rings is 1. The highest BCUT2D eigenvalue weighted by Crippen LogP contribution is 2.45. The SMILES string of the molecule is COc1cc(/C(O)=C2\C(=O)C(=O)N(c3nc4cc(Cl)c(F)cc4s3)C2c2cccnc2)ccc1Cl. The minimum absolute atomic E-state index is 0.114. The first-order chi connectivity index (χ1) is 16.8. The zero-order chi connectivity index (χ0) is 24.9. The molecular weight excluding hydrogens is 516 g/mol. The standard InChI is InChI=1S/C24H14Cl2FN3O4S/c1-34-17-7-11(4-5-13(17)25)21(31)19-20(12-3-2-6-28-10-12)30(23(33)22(19)32)24-29-16-8-14(26)15(27)9-18(16)35-24/h2-10,20,31H,1H3/b21-19+. The van der Waals surface area contributed by atoms with Crippen LogP contribution in [0.2, 0.25) is 10.0 Å². The molecule has 1 fully saturated rings. The average Bonchev–Trinajstić information content (AvgIpc) is 3.37.